The van der Waals surface area contributed by atoms with E-state index in [0.717, 1.165) is 12.8 Å². The summed E-state index contributed by atoms with van der Waals surface area (Å²) in [6, 6.07) is -0.00148. The van der Waals surface area contributed by atoms with Gasteiger partial charge in [-0.3, -0.25) is 0 Å². The third-order valence-corrected chi connectivity index (χ3v) is 3.26. The molecule has 0 atom stereocenters. The Balaban J connectivity index is 2.12. The minimum absolute atomic E-state index is 0.00148. The van der Waals surface area contributed by atoms with Gasteiger partial charge in [0.05, 0.1) is 5.69 Å². The molecule has 1 fully saturated rings. The Morgan fingerprint density at radius 1 is 1.50 bits per heavy atom. The standard InChI is InChI=1S/C9H12F3N3S/c10-9(11,12)5-15(7-1-2-7)8-14-6(3-13)4-16-8/h4,7H,1-3,5,13H2. The van der Waals surface area contributed by atoms with Crippen LogP contribution in [0.2, 0.25) is 0 Å². The fourth-order valence-electron chi connectivity index (χ4n) is 1.45. The largest absolute Gasteiger partial charge is 0.406 e. The molecule has 0 unspecified atom stereocenters. The predicted molar refractivity (Wildman–Crippen MR) is 56.4 cm³/mol. The Labute approximate surface area is 95.1 Å². The first-order valence-electron chi connectivity index (χ1n) is 4.97. The van der Waals surface area contributed by atoms with Crippen LogP contribution >= 0.6 is 11.3 Å². The fraction of sp³-hybridized carbons (Fsp3) is 0.667. The number of halogens is 3. The number of rotatable bonds is 4. The van der Waals surface area contributed by atoms with Crippen LogP contribution in [0.3, 0.4) is 0 Å². The maximum absolute atomic E-state index is 12.4. The molecule has 0 saturated heterocycles. The average molecular weight is 251 g/mol. The molecule has 2 N–H and O–H groups in total. The lowest BCUT2D eigenvalue weighted by molar-refractivity contribution is -0.120. The van der Waals surface area contributed by atoms with Gasteiger partial charge in [-0.1, -0.05) is 0 Å². The van der Waals surface area contributed by atoms with Crippen molar-refractivity contribution in [1.29, 1.82) is 0 Å². The molecule has 0 amide bonds. The van der Waals surface area contributed by atoms with Crippen molar-refractivity contribution in [3.8, 4) is 0 Å². The molecule has 7 heteroatoms. The summed E-state index contributed by atoms with van der Waals surface area (Å²) < 4.78 is 37.1. The van der Waals surface area contributed by atoms with E-state index in [9.17, 15) is 13.2 Å². The third-order valence-electron chi connectivity index (χ3n) is 2.33. The summed E-state index contributed by atoms with van der Waals surface area (Å²) in [6.45, 7) is -0.657. The van der Waals surface area contributed by atoms with Crippen molar-refractivity contribution >= 4 is 16.5 Å². The third kappa shape index (κ3) is 2.85. The van der Waals surface area contributed by atoms with E-state index >= 15 is 0 Å². The summed E-state index contributed by atoms with van der Waals surface area (Å²) in [4.78, 5) is 5.43. The molecule has 3 nitrogen and oxygen atoms in total. The molecular formula is C9H12F3N3S. The molecule has 90 valence electrons. The SMILES string of the molecule is NCc1csc(N(CC(F)(F)F)C2CC2)n1. The van der Waals surface area contributed by atoms with Crippen LogP contribution in [0.15, 0.2) is 5.38 Å². The van der Waals surface area contributed by atoms with Gasteiger partial charge in [-0.05, 0) is 12.8 Å². The predicted octanol–water partition coefficient (Wildman–Crippen LogP) is 2.13. The molecule has 1 aliphatic carbocycles. The first-order chi connectivity index (χ1) is 7.49. The summed E-state index contributed by atoms with van der Waals surface area (Å²) in [5.41, 5.74) is 6.03. The van der Waals surface area contributed by atoms with Crippen molar-refractivity contribution < 1.29 is 13.2 Å². The highest BCUT2D eigenvalue weighted by Crippen LogP contribution is 2.35. The fourth-order valence-corrected chi connectivity index (χ4v) is 2.36. The lowest BCUT2D eigenvalue weighted by Crippen LogP contribution is -2.35. The van der Waals surface area contributed by atoms with Crippen molar-refractivity contribution in [2.75, 3.05) is 11.4 Å². The highest BCUT2D eigenvalue weighted by atomic mass is 32.1. The van der Waals surface area contributed by atoms with Gasteiger partial charge in [0, 0.05) is 18.0 Å². The van der Waals surface area contributed by atoms with Gasteiger partial charge < -0.3 is 10.6 Å². The molecule has 0 bridgehead atoms. The van der Waals surface area contributed by atoms with Crippen LogP contribution in [0.1, 0.15) is 18.5 Å². The van der Waals surface area contributed by atoms with Gasteiger partial charge in [-0.15, -0.1) is 11.3 Å². The zero-order chi connectivity index (χ0) is 11.8. The molecule has 0 aromatic carbocycles. The van der Waals surface area contributed by atoms with Gasteiger partial charge in [0.2, 0.25) is 0 Å². The summed E-state index contributed by atoms with van der Waals surface area (Å²) in [5, 5.41) is 2.14. The first kappa shape index (κ1) is 11.7. The summed E-state index contributed by atoms with van der Waals surface area (Å²) in [6.07, 6.45) is -2.56. The van der Waals surface area contributed by atoms with Crippen molar-refractivity contribution in [3.63, 3.8) is 0 Å². The smallest absolute Gasteiger partial charge is 0.336 e. The van der Waals surface area contributed by atoms with Crippen LogP contribution in [0, 0.1) is 0 Å². The van der Waals surface area contributed by atoms with E-state index in [2.05, 4.69) is 4.98 Å². The Hall–Kier alpha value is -0.820. The van der Waals surface area contributed by atoms with Crippen LogP contribution < -0.4 is 10.6 Å². The van der Waals surface area contributed by atoms with Gasteiger partial charge in [0.1, 0.15) is 6.54 Å². The quantitative estimate of drug-likeness (QED) is 0.891. The normalized spacial score (nSPS) is 16.5. The highest BCUT2D eigenvalue weighted by molar-refractivity contribution is 7.13. The van der Waals surface area contributed by atoms with Gasteiger partial charge in [-0.2, -0.15) is 13.2 Å². The van der Waals surface area contributed by atoms with E-state index in [1.165, 1.54) is 16.2 Å². The lowest BCUT2D eigenvalue weighted by Gasteiger charge is -2.22. The van der Waals surface area contributed by atoms with E-state index in [1.54, 1.807) is 5.38 Å². The zero-order valence-electron chi connectivity index (χ0n) is 8.50. The second-order valence-electron chi connectivity index (χ2n) is 3.80. The minimum Gasteiger partial charge on any atom is -0.336 e. The maximum Gasteiger partial charge on any atom is 0.406 e. The van der Waals surface area contributed by atoms with E-state index in [4.69, 9.17) is 5.73 Å². The maximum atomic E-state index is 12.4. The molecule has 0 aliphatic heterocycles. The molecule has 0 spiro atoms. The van der Waals surface area contributed by atoms with E-state index in [0.29, 0.717) is 10.8 Å². The van der Waals surface area contributed by atoms with Crippen LogP contribution in [-0.4, -0.2) is 23.7 Å². The lowest BCUT2D eigenvalue weighted by atomic mass is 10.5. The summed E-state index contributed by atoms with van der Waals surface area (Å²) in [5.74, 6) is 0. The van der Waals surface area contributed by atoms with Gasteiger partial charge >= 0.3 is 6.18 Å². The van der Waals surface area contributed by atoms with Crippen molar-refractivity contribution in [1.82, 2.24) is 4.98 Å². The Kier molecular flexibility index (Phi) is 3.07. The molecule has 2 rings (SSSR count). The molecule has 1 aromatic heterocycles. The van der Waals surface area contributed by atoms with Crippen LogP contribution in [-0.2, 0) is 6.54 Å². The second kappa shape index (κ2) is 4.21. The average Bonchev–Trinajstić information content (AvgIpc) is 2.91. The topological polar surface area (TPSA) is 42.1 Å². The number of anilines is 1. The molecule has 1 aromatic rings. The number of aromatic nitrogens is 1. The molecule has 1 saturated carbocycles. The molecule has 1 heterocycles. The van der Waals surface area contributed by atoms with E-state index in [-0.39, 0.29) is 12.6 Å². The van der Waals surface area contributed by atoms with Gasteiger partial charge in [0.15, 0.2) is 5.13 Å². The van der Waals surface area contributed by atoms with Gasteiger partial charge in [-0.25, -0.2) is 4.98 Å². The molecular weight excluding hydrogens is 239 g/mol. The van der Waals surface area contributed by atoms with Crippen LogP contribution in [0.5, 0.6) is 0 Å². The van der Waals surface area contributed by atoms with Crippen molar-refractivity contribution in [3.05, 3.63) is 11.1 Å². The minimum atomic E-state index is -4.18. The molecule has 1 aliphatic rings. The zero-order valence-corrected chi connectivity index (χ0v) is 9.31. The number of hydrogen-bond acceptors (Lipinski definition) is 4. The monoisotopic (exact) mass is 251 g/mol. The van der Waals surface area contributed by atoms with Crippen LogP contribution in [0.4, 0.5) is 18.3 Å². The Bertz CT molecular complexity index is 359. The number of hydrogen-bond donors (Lipinski definition) is 1. The van der Waals surface area contributed by atoms with E-state index < -0.39 is 12.7 Å². The second-order valence-corrected chi connectivity index (χ2v) is 4.64. The van der Waals surface area contributed by atoms with Gasteiger partial charge in [0.25, 0.3) is 0 Å². The number of nitrogens with two attached hydrogens (primary N) is 1. The summed E-state index contributed by atoms with van der Waals surface area (Å²) in [7, 11) is 0. The number of nitrogens with zero attached hydrogens (tertiary/aromatic N) is 2. The first-order valence-corrected chi connectivity index (χ1v) is 5.85. The Morgan fingerprint density at radius 2 is 2.19 bits per heavy atom. The highest BCUT2D eigenvalue weighted by Gasteiger charge is 2.39. The number of thiazole rings is 1. The molecule has 0 radical (unpaired) electrons. The van der Waals surface area contributed by atoms with Crippen molar-refractivity contribution in [2.45, 2.75) is 31.6 Å². The van der Waals surface area contributed by atoms with Crippen LogP contribution in [0.25, 0.3) is 0 Å². The van der Waals surface area contributed by atoms with Crippen molar-refractivity contribution in [2.24, 2.45) is 5.73 Å². The van der Waals surface area contributed by atoms with E-state index in [1.807, 2.05) is 0 Å². The molecule has 16 heavy (non-hydrogen) atoms. The Morgan fingerprint density at radius 3 is 2.62 bits per heavy atom. The summed E-state index contributed by atoms with van der Waals surface area (Å²) >= 11 is 1.23. The number of alkyl halides is 3.